The highest BCUT2D eigenvalue weighted by atomic mass is 14.2. The standard InChI is InChI=1S/C9H15/c1-8(2)9-6-4-3-5-7-9/h4,9H,1,3,5-7H2,2H3. The van der Waals surface area contributed by atoms with Gasteiger partial charge in [0.2, 0.25) is 0 Å². The van der Waals surface area contributed by atoms with E-state index in [1.54, 1.807) is 0 Å². The summed E-state index contributed by atoms with van der Waals surface area (Å²) < 4.78 is 0. The molecule has 1 radical (unpaired) electrons. The molecule has 1 aliphatic rings. The smallest absolute Gasteiger partial charge is 0.0206 e. The normalized spacial score (nSPS) is 21.9. The van der Waals surface area contributed by atoms with E-state index in [1.165, 1.54) is 31.3 Å². The Labute approximate surface area is 58.0 Å². The maximum absolute atomic E-state index is 3.96. The van der Waals surface area contributed by atoms with Crippen molar-refractivity contribution in [2.75, 3.05) is 0 Å². The van der Waals surface area contributed by atoms with Crippen LogP contribution in [0.25, 0.3) is 0 Å². The van der Waals surface area contributed by atoms with Gasteiger partial charge in [-0.1, -0.05) is 25.0 Å². The highest BCUT2D eigenvalue weighted by molar-refractivity contribution is 4.99. The Bertz CT molecular complexity index is 96.6. The van der Waals surface area contributed by atoms with Gasteiger partial charge in [-0.15, -0.1) is 0 Å². The third kappa shape index (κ3) is 1.85. The molecule has 1 aliphatic carbocycles. The predicted octanol–water partition coefficient (Wildman–Crippen LogP) is 2.96. The summed E-state index contributed by atoms with van der Waals surface area (Å²) in [6, 6.07) is 0. The molecule has 1 saturated carbocycles. The molecular weight excluding hydrogens is 108 g/mol. The van der Waals surface area contributed by atoms with Crippen LogP contribution < -0.4 is 0 Å². The first kappa shape index (κ1) is 6.85. The van der Waals surface area contributed by atoms with Gasteiger partial charge < -0.3 is 0 Å². The van der Waals surface area contributed by atoms with E-state index < -0.39 is 0 Å². The molecule has 0 N–H and O–H groups in total. The van der Waals surface area contributed by atoms with E-state index in [2.05, 4.69) is 19.9 Å². The summed E-state index contributed by atoms with van der Waals surface area (Å²) >= 11 is 0. The van der Waals surface area contributed by atoms with Gasteiger partial charge in [0.1, 0.15) is 0 Å². The van der Waals surface area contributed by atoms with Crippen molar-refractivity contribution in [2.45, 2.75) is 32.6 Å². The van der Waals surface area contributed by atoms with Crippen molar-refractivity contribution in [3.63, 3.8) is 0 Å². The maximum atomic E-state index is 3.96. The predicted molar refractivity (Wildman–Crippen MR) is 41.1 cm³/mol. The van der Waals surface area contributed by atoms with Crippen molar-refractivity contribution in [1.29, 1.82) is 0 Å². The molecule has 0 nitrogen and oxygen atoms in total. The quantitative estimate of drug-likeness (QED) is 0.470. The molecule has 0 heterocycles. The molecule has 0 spiro atoms. The first-order valence-corrected chi connectivity index (χ1v) is 3.78. The first-order valence-electron chi connectivity index (χ1n) is 3.78. The van der Waals surface area contributed by atoms with Crippen molar-refractivity contribution >= 4 is 0 Å². The van der Waals surface area contributed by atoms with E-state index in [0.29, 0.717) is 0 Å². The van der Waals surface area contributed by atoms with E-state index in [4.69, 9.17) is 0 Å². The molecule has 51 valence electrons. The molecule has 0 heteroatoms. The lowest BCUT2D eigenvalue weighted by Gasteiger charge is -2.20. The van der Waals surface area contributed by atoms with Crippen LogP contribution in [0.15, 0.2) is 12.2 Å². The molecule has 0 aromatic carbocycles. The van der Waals surface area contributed by atoms with Gasteiger partial charge in [0.15, 0.2) is 0 Å². The van der Waals surface area contributed by atoms with Gasteiger partial charge in [-0.3, -0.25) is 0 Å². The third-order valence-corrected chi connectivity index (χ3v) is 2.11. The van der Waals surface area contributed by atoms with Crippen LogP contribution in [-0.4, -0.2) is 0 Å². The lowest BCUT2D eigenvalue weighted by atomic mass is 9.85. The summed E-state index contributed by atoms with van der Waals surface area (Å²) in [7, 11) is 0. The van der Waals surface area contributed by atoms with Crippen LogP contribution in [0, 0.1) is 12.3 Å². The van der Waals surface area contributed by atoms with Crippen molar-refractivity contribution < 1.29 is 0 Å². The fourth-order valence-electron chi connectivity index (χ4n) is 1.39. The number of allylic oxidation sites excluding steroid dienone is 1. The highest BCUT2D eigenvalue weighted by Gasteiger charge is 2.12. The van der Waals surface area contributed by atoms with Crippen LogP contribution in [-0.2, 0) is 0 Å². The molecular formula is C9H15. The van der Waals surface area contributed by atoms with Crippen LogP contribution in [0.3, 0.4) is 0 Å². The lowest BCUT2D eigenvalue weighted by molar-refractivity contribution is 0.470. The van der Waals surface area contributed by atoms with Gasteiger partial charge in [-0.2, -0.15) is 0 Å². The molecule has 1 atom stereocenters. The fraction of sp³-hybridized carbons (Fsp3) is 0.667. The van der Waals surface area contributed by atoms with Gasteiger partial charge in [-0.25, -0.2) is 0 Å². The van der Waals surface area contributed by atoms with Gasteiger partial charge in [0, 0.05) is 0 Å². The third-order valence-electron chi connectivity index (χ3n) is 2.11. The topological polar surface area (TPSA) is 0 Å². The number of rotatable bonds is 1. The molecule has 0 aromatic heterocycles. The van der Waals surface area contributed by atoms with Crippen molar-refractivity contribution in [3.8, 4) is 0 Å². The average molecular weight is 123 g/mol. The van der Waals surface area contributed by atoms with Gasteiger partial charge in [0.25, 0.3) is 0 Å². The second-order valence-electron chi connectivity index (χ2n) is 3.00. The Balaban J connectivity index is 2.31. The minimum atomic E-state index is 0.804. The summed E-state index contributed by atoms with van der Waals surface area (Å²) in [5, 5.41) is 0. The van der Waals surface area contributed by atoms with E-state index in [9.17, 15) is 0 Å². The maximum Gasteiger partial charge on any atom is -0.0206 e. The van der Waals surface area contributed by atoms with Crippen LogP contribution in [0.2, 0.25) is 0 Å². The SMILES string of the molecule is C=C(C)C1C[CH]CCC1. The Hall–Kier alpha value is -0.260. The second-order valence-corrected chi connectivity index (χ2v) is 3.00. The minimum absolute atomic E-state index is 0.804. The molecule has 0 aromatic rings. The summed E-state index contributed by atoms with van der Waals surface area (Å²) in [4.78, 5) is 0. The number of hydrogen-bond acceptors (Lipinski definition) is 0. The van der Waals surface area contributed by atoms with E-state index in [0.717, 1.165) is 5.92 Å². The first-order chi connectivity index (χ1) is 4.30. The summed E-state index contributed by atoms with van der Waals surface area (Å²) in [6.45, 7) is 6.10. The highest BCUT2D eigenvalue weighted by Crippen LogP contribution is 2.27. The Kier molecular flexibility index (Phi) is 2.32. The molecule has 0 aliphatic heterocycles. The Morgan fingerprint density at radius 2 is 2.44 bits per heavy atom. The van der Waals surface area contributed by atoms with Crippen molar-refractivity contribution in [1.82, 2.24) is 0 Å². The molecule has 9 heavy (non-hydrogen) atoms. The molecule has 0 saturated heterocycles. The van der Waals surface area contributed by atoms with Crippen molar-refractivity contribution in [2.24, 2.45) is 5.92 Å². The minimum Gasteiger partial charge on any atom is -0.0999 e. The van der Waals surface area contributed by atoms with Crippen LogP contribution in [0.1, 0.15) is 32.6 Å². The molecule has 0 bridgehead atoms. The van der Waals surface area contributed by atoms with Gasteiger partial charge in [-0.05, 0) is 32.1 Å². The number of hydrogen-bond donors (Lipinski definition) is 0. The van der Waals surface area contributed by atoms with Gasteiger partial charge >= 0.3 is 0 Å². The van der Waals surface area contributed by atoms with Crippen LogP contribution >= 0.6 is 0 Å². The van der Waals surface area contributed by atoms with E-state index in [1.807, 2.05) is 0 Å². The zero-order chi connectivity index (χ0) is 6.69. The van der Waals surface area contributed by atoms with Gasteiger partial charge in [0.05, 0.1) is 0 Å². The summed E-state index contributed by atoms with van der Waals surface area (Å²) in [5.74, 6) is 0.804. The zero-order valence-electron chi connectivity index (χ0n) is 6.19. The fourth-order valence-corrected chi connectivity index (χ4v) is 1.39. The summed E-state index contributed by atoms with van der Waals surface area (Å²) in [6.07, 6.45) is 7.73. The Morgan fingerprint density at radius 1 is 1.67 bits per heavy atom. The average Bonchev–Trinajstić information content (AvgIpc) is 1.90. The van der Waals surface area contributed by atoms with E-state index >= 15 is 0 Å². The zero-order valence-corrected chi connectivity index (χ0v) is 6.19. The van der Waals surface area contributed by atoms with Crippen molar-refractivity contribution in [3.05, 3.63) is 18.6 Å². The molecule has 1 fully saturated rings. The monoisotopic (exact) mass is 123 g/mol. The molecule has 1 unspecified atom stereocenters. The summed E-state index contributed by atoms with van der Waals surface area (Å²) in [5.41, 5.74) is 1.37. The Morgan fingerprint density at radius 3 is 2.78 bits per heavy atom. The lowest BCUT2D eigenvalue weighted by Crippen LogP contribution is -2.06. The largest absolute Gasteiger partial charge is 0.0999 e. The molecule has 0 amide bonds. The van der Waals surface area contributed by atoms with Crippen LogP contribution in [0.4, 0.5) is 0 Å². The molecule has 1 rings (SSSR count). The van der Waals surface area contributed by atoms with E-state index in [-0.39, 0.29) is 0 Å². The van der Waals surface area contributed by atoms with Crippen LogP contribution in [0.5, 0.6) is 0 Å². The second kappa shape index (κ2) is 3.05.